The van der Waals surface area contributed by atoms with Gasteiger partial charge in [0.15, 0.2) is 0 Å². The van der Waals surface area contributed by atoms with Gasteiger partial charge in [0, 0.05) is 22.6 Å². The van der Waals surface area contributed by atoms with Crippen molar-refractivity contribution in [3.63, 3.8) is 0 Å². The summed E-state index contributed by atoms with van der Waals surface area (Å²) < 4.78 is 1.02. The van der Waals surface area contributed by atoms with Gasteiger partial charge >= 0.3 is 0 Å². The fourth-order valence-corrected chi connectivity index (χ4v) is 2.16. The van der Waals surface area contributed by atoms with Gasteiger partial charge in [-0.15, -0.1) is 0 Å². The fraction of sp³-hybridized carbons (Fsp3) is 0.417. The third-order valence-electron chi connectivity index (χ3n) is 2.72. The molecule has 1 unspecified atom stereocenters. The molecule has 1 aliphatic rings. The second kappa shape index (κ2) is 5.46. The Balaban J connectivity index is 1.84. The molecule has 1 saturated heterocycles. The number of amides is 1. The highest BCUT2D eigenvalue weighted by Crippen LogP contribution is 2.15. The molecule has 2 rings (SSSR count). The van der Waals surface area contributed by atoms with Crippen molar-refractivity contribution in [1.82, 2.24) is 5.32 Å². The van der Waals surface area contributed by atoms with Crippen LogP contribution in [0.2, 0.25) is 0 Å². The first kappa shape index (κ1) is 11.6. The number of benzene rings is 1. The van der Waals surface area contributed by atoms with Gasteiger partial charge in [-0.1, -0.05) is 15.9 Å². The monoisotopic (exact) mass is 282 g/mol. The number of hydrogen-bond donors (Lipinski definition) is 2. The number of carbonyl (C=O) groups excluding carboxylic acids is 1. The van der Waals surface area contributed by atoms with Crippen LogP contribution in [-0.2, 0) is 4.79 Å². The zero-order valence-corrected chi connectivity index (χ0v) is 10.6. The molecule has 0 bridgehead atoms. The first-order valence-corrected chi connectivity index (χ1v) is 6.32. The Labute approximate surface area is 104 Å². The smallest absolute Gasteiger partial charge is 0.225 e. The van der Waals surface area contributed by atoms with E-state index in [9.17, 15) is 4.79 Å². The largest absolute Gasteiger partial charge is 0.326 e. The maximum atomic E-state index is 11.7. The highest BCUT2D eigenvalue weighted by atomic mass is 79.9. The standard InChI is InChI=1S/C12H15BrN2O/c13-9-3-5-10(6-4-9)15-12(16)8-11-2-1-7-14-11/h3-6,11,14H,1-2,7-8H2,(H,15,16). The minimum Gasteiger partial charge on any atom is -0.326 e. The van der Waals surface area contributed by atoms with Crippen molar-refractivity contribution in [2.75, 3.05) is 11.9 Å². The van der Waals surface area contributed by atoms with Crippen molar-refractivity contribution in [1.29, 1.82) is 0 Å². The lowest BCUT2D eigenvalue weighted by atomic mass is 10.1. The van der Waals surface area contributed by atoms with Gasteiger partial charge in [0.1, 0.15) is 0 Å². The average molecular weight is 283 g/mol. The number of nitrogens with one attached hydrogen (secondary N) is 2. The number of anilines is 1. The normalized spacial score (nSPS) is 19.7. The molecule has 0 saturated carbocycles. The van der Waals surface area contributed by atoms with E-state index in [0.29, 0.717) is 12.5 Å². The molecule has 3 nitrogen and oxygen atoms in total. The van der Waals surface area contributed by atoms with E-state index in [-0.39, 0.29) is 5.91 Å². The van der Waals surface area contributed by atoms with E-state index in [1.807, 2.05) is 24.3 Å². The molecule has 1 aliphatic heterocycles. The molecule has 86 valence electrons. The summed E-state index contributed by atoms with van der Waals surface area (Å²) in [6, 6.07) is 7.98. The Morgan fingerprint density at radius 3 is 2.81 bits per heavy atom. The van der Waals surface area contributed by atoms with E-state index in [2.05, 4.69) is 26.6 Å². The summed E-state index contributed by atoms with van der Waals surface area (Å²) in [5.41, 5.74) is 0.853. The number of carbonyl (C=O) groups is 1. The number of halogens is 1. The van der Waals surface area contributed by atoms with Crippen molar-refractivity contribution in [2.45, 2.75) is 25.3 Å². The van der Waals surface area contributed by atoms with Crippen molar-refractivity contribution in [3.8, 4) is 0 Å². The Kier molecular flexibility index (Phi) is 3.96. The zero-order valence-electron chi connectivity index (χ0n) is 9.00. The summed E-state index contributed by atoms with van der Waals surface area (Å²) in [7, 11) is 0. The molecule has 1 heterocycles. The molecule has 1 amide bonds. The molecular formula is C12H15BrN2O. The Hall–Kier alpha value is -0.870. The van der Waals surface area contributed by atoms with E-state index in [1.54, 1.807) is 0 Å². The average Bonchev–Trinajstić information content (AvgIpc) is 2.74. The van der Waals surface area contributed by atoms with Crippen molar-refractivity contribution in [3.05, 3.63) is 28.7 Å². The van der Waals surface area contributed by atoms with Gasteiger partial charge in [-0.05, 0) is 43.7 Å². The summed E-state index contributed by atoms with van der Waals surface area (Å²) in [6.45, 7) is 1.04. The highest BCUT2D eigenvalue weighted by Gasteiger charge is 2.17. The van der Waals surface area contributed by atoms with E-state index in [1.165, 1.54) is 6.42 Å². The Bertz CT molecular complexity index is 358. The minimum absolute atomic E-state index is 0.0849. The number of rotatable bonds is 3. The predicted octanol–water partition coefficient (Wildman–Crippen LogP) is 2.53. The van der Waals surface area contributed by atoms with Gasteiger partial charge < -0.3 is 10.6 Å². The molecule has 4 heteroatoms. The van der Waals surface area contributed by atoms with Crippen LogP contribution < -0.4 is 10.6 Å². The Morgan fingerprint density at radius 2 is 2.19 bits per heavy atom. The highest BCUT2D eigenvalue weighted by molar-refractivity contribution is 9.10. The maximum Gasteiger partial charge on any atom is 0.225 e. The first-order chi connectivity index (χ1) is 7.74. The molecule has 1 aromatic carbocycles. The lowest BCUT2D eigenvalue weighted by Gasteiger charge is -2.10. The lowest BCUT2D eigenvalue weighted by Crippen LogP contribution is -2.27. The van der Waals surface area contributed by atoms with Crippen molar-refractivity contribution in [2.24, 2.45) is 0 Å². The molecule has 1 aromatic rings. The van der Waals surface area contributed by atoms with Crippen LogP contribution in [0.1, 0.15) is 19.3 Å². The fourth-order valence-electron chi connectivity index (χ4n) is 1.90. The third kappa shape index (κ3) is 3.32. The van der Waals surface area contributed by atoms with Gasteiger partial charge in [0.05, 0.1) is 0 Å². The van der Waals surface area contributed by atoms with Crippen molar-refractivity contribution >= 4 is 27.5 Å². The SMILES string of the molecule is O=C(CC1CCCN1)Nc1ccc(Br)cc1. The van der Waals surface area contributed by atoms with Gasteiger partial charge in [-0.25, -0.2) is 0 Å². The van der Waals surface area contributed by atoms with E-state index < -0.39 is 0 Å². The second-order valence-electron chi connectivity index (χ2n) is 4.05. The molecule has 2 N–H and O–H groups in total. The van der Waals surface area contributed by atoms with Gasteiger partial charge in [0.25, 0.3) is 0 Å². The molecule has 0 aliphatic carbocycles. The predicted molar refractivity (Wildman–Crippen MR) is 68.4 cm³/mol. The van der Waals surface area contributed by atoms with Crippen LogP contribution in [0.3, 0.4) is 0 Å². The molecule has 16 heavy (non-hydrogen) atoms. The maximum absolute atomic E-state index is 11.7. The zero-order chi connectivity index (χ0) is 11.4. The van der Waals surface area contributed by atoms with E-state index in [0.717, 1.165) is 23.1 Å². The molecule has 1 atom stereocenters. The van der Waals surface area contributed by atoms with Crippen LogP contribution in [0, 0.1) is 0 Å². The van der Waals surface area contributed by atoms with Gasteiger partial charge in [-0.3, -0.25) is 4.79 Å². The second-order valence-corrected chi connectivity index (χ2v) is 4.97. The Morgan fingerprint density at radius 1 is 1.44 bits per heavy atom. The molecule has 0 spiro atoms. The summed E-state index contributed by atoms with van der Waals surface area (Å²) >= 11 is 3.36. The van der Waals surface area contributed by atoms with Crippen LogP contribution in [0.15, 0.2) is 28.7 Å². The third-order valence-corrected chi connectivity index (χ3v) is 3.25. The van der Waals surface area contributed by atoms with Gasteiger partial charge in [0.2, 0.25) is 5.91 Å². The van der Waals surface area contributed by atoms with Crippen LogP contribution in [0.25, 0.3) is 0 Å². The van der Waals surface area contributed by atoms with E-state index >= 15 is 0 Å². The lowest BCUT2D eigenvalue weighted by molar-refractivity contribution is -0.116. The topological polar surface area (TPSA) is 41.1 Å². The summed E-state index contributed by atoms with van der Waals surface area (Å²) in [4.78, 5) is 11.7. The first-order valence-electron chi connectivity index (χ1n) is 5.53. The molecular weight excluding hydrogens is 268 g/mol. The van der Waals surface area contributed by atoms with Crippen molar-refractivity contribution < 1.29 is 4.79 Å². The summed E-state index contributed by atoms with van der Waals surface area (Å²) in [6.07, 6.45) is 2.85. The summed E-state index contributed by atoms with van der Waals surface area (Å²) in [5, 5.41) is 6.21. The van der Waals surface area contributed by atoms with E-state index in [4.69, 9.17) is 0 Å². The quantitative estimate of drug-likeness (QED) is 0.895. The number of hydrogen-bond acceptors (Lipinski definition) is 2. The van der Waals surface area contributed by atoms with Crippen LogP contribution in [0.4, 0.5) is 5.69 Å². The van der Waals surface area contributed by atoms with Crippen LogP contribution in [0.5, 0.6) is 0 Å². The van der Waals surface area contributed by atoms with Crippen LogP contribution >= 0.6 is 15.9 Å². The summed E-state index contributed by atoms with van der Waals surface area (Å²) in [5.74, 6) is 0.0849. The molecule has 0 aromatic heterocycles. The molecule has 1 fully saturated rings. The van der Waals surface area contributed by atoms with Gasteiger partial charge in [-0.2, -0.15) is 0 Å². The molecule has 0 radical (unpaired) electrons. The van der Waals surface area contributed by atoms with Crippen LogP contribution in [-0.4, -0.2) is 18.5 Å². The minimum atomic E-state index is 0.0849.